The highest BCUT2D eigenvalue weighted by molar-refractivity contribution is 6.32. The molecule has 2 aliphatic rings. The van der Waals surface area contributed by atoms with Gasteiger partial charge in [-0.1, -0.05) is 31.5 Å². The van der Waals surface area contributed by atoms with Gasteiger partial charge in [0.2, 0.25) is 0 Å². The number of ketones is 1. The molecule has 1 aliphatic heterocycles. The molecule has 3 rings (SSSR count). The molecule has 4 nitrogen and oxygen atoms in total. The van der Waals surface area contributed by atoms with E-state index in [9.17, 15) is 10.1 Å². The number of hydrogen-bond acceptors (Lipinski definition) is 4. The first-order valence-electron chi connectivity index (χ1n) is 8.25. The summed E-state index contributed by atoms with van der Waals surface area (Å²) in [6, 6.07) is 7.73. The zero-order valence-electron chi connectivity index (χ0n) is 14.9. The summed E-state index contributed by atoms with van der Waals surface area (Å²) >= 11 is 6.29. The second-order valence-corrected chi connectivity index (χ2v) is 7.84. The molecule has 1 aliphatic carbocycles. The number of carbonyl (C=O) groups excluding carboxylic acids is 1. The van der Waals surface area contributed by atoms with Gasteiger partial charge in [-0.25, -0.2) is 0 Å². The number of halogens is 1. The Balaban J connectivity index is 2.18. The molecule has 0 radical (unpaired) electrons. The van der Waals surface area contributed by atoms with Crippen LogP contribution in [0.1, 0.15) is 45.1 Å². The van der Waals surface area contributed by atoms with Gasteiger partial charge in [0, 0.05) is 23.4 Å². The van der Waals surface area contributed by atoms with E-state index in [1.54, 1.807) is 19.2 Å². The molecule has 0 aromatic heterocycles. The largest absolute Gasteiger partial charge is 0.495 e. The van der Waals surface area contributed by atoms with Crippen LogP contribution in [-0.4, -0.2) is 12.9 Å². The van der Waals surface area contributed by atoms with Crippen LogP contribution in [-0.2, 0) is 4.79 Å². The number of rotatable bonds is 2. The lowest BCUT2D eigenvalue weighted by Gasteiger charge is -2.38. The average Bonchev–Trinajstić information content (AvgIpc) is 2.52. The predicted octanol–water partition coefficient (Wildman–Crippen LogP) is 4.48. The van der Waals surface area contributed by atoms with Crippen molar-refractivity contribution in [1.29, 1.82) is 5.26 Å². The quantitative estimate of drug-likeness (QED) is 0.848. The van der Waals surface area contributed by atoms with Crippen molar-refractivity contribution in [2.45, 2.75) is 39.5 Å². The number of nitrogens with zero attached hydrogens (tertiary/aromatic N) is 1. The third kappa shape index (κ3) is 3.05. The fourth-order valence-corrected chi connectivity index (χ4v) is 4.05. The molecule has 0 spiro atoms. The average molecular weight is 357 g/mol. The Morgan fingerprint density at radius 3 is 2.68 bits per heavy atom. The molecular weight excluding hydrogens is 336 g/mol. The van der Waals surface area contributed by atoms with Crippen LogP contribution >= 0.6 is 11.6 Å². The van der Waals surface area contributed by atoms with Crippen LogP contribution in [0.25, 0.3) is 0 Å². The molecule has 0 saturated heterocycles. The van der Waals surface area contributed by atoms with Gasteiger partial charge in [0.05, 0.1) is 29.7 Å². The molecule has 1 N–H and O–H groups in total. The second kappa shape index (κ2) is 6.24. The summed E-state index contributed by atoms with van der Waals surface area (Å²) in [5.74, 6) is 0.285. The van der Waals surface area contributed by atoms with Gasteiger partial charge in [-0.15, -0.1) is 0 Å². The number of ether oxygens (including phenoxy) is 1. The van der Waals surface area contributed by atoms with Gasteiger partial charge in [0.25, 0.3) is 0 Å². The topological polar surface area (TPSA) is 62.1 Å². The SMILES string of the molecule is COc1ccc([C@H]2C(C#N)=C(C)NC3=C2C(=O)CC(C)(C)C3)cc1Cl. The molecule has 1 aromatic carbocycles. The Bertz CT molecular complexity index is 859. The van der Waals surface area contributed by atoms with E-state index in [0.717, 1.165) is 23.4 Å². The summed E-state index contributed by atoms with van der Waals surface area (Å²) < 4.78 is 5.22. The first-order valence-corrected chi connectivity index (χ1v) is 8.63. The highest BCUT2D eigenvalue weighted by atomic mass is 35.5. The minimum Gasteiger partial charge on any atom is -0.495 e. The Morgan fingerprint density at radius 2 is 2.08 bits per heavy atom. The highest BCUT2D eigenvalue weighted by Crippen LogP contribution is 2.47. The van der Waals surface area contributed by atoms with E-state index in [1.807, 2.05) is 13.0 Å². The molecule has 0 saturated carbocycles. The molecule has 130 valence electrons. The molecule has 1 aromatic rings. The highest BCUT2D eigenvalue weighted by Gasteiger charge is 2.41. The van der Waals surface area contributed by atoms with E-state index in [2.05, 4.69) is 25.2 Å². The Kier molecular flexibility index (Phi) is 4.38. The maximum absolute atomic E-state index is 12.9. The number of dihydropyridines is 1. The smallest absolute Gasteiger partial charge is 0.162 e. The maximum atomic E-state index is 12.9. The van der Waals surface area contributed by atoms with Gasteiger partial charge in [-0.3, -0.25) is 4.79 Å². The van der Waals surface area contributed by atoms with Gasteiger partial charge in [0.15, 0.2) is 5.78 Å². The number of Topliss-reactive ketones (excluding diaryl/α,β-unsaturated/α-hetero) is 1. The molecule has 0 amide bonds. The summed E-state index contributed by atoms with van der Waals surface area (Å²) in [6.07, 6.45) is 1.26. The van der Waals surface area contributed by atoms with Crippen molar-refractivity contribution >= 4 is 17.4 Å². The Hall–Kier alpha value is -2.25. The van der Waals surface area contributed by atoms with E-state index < -0.39 is 0 Å². The molecule has 0 fully saturated rings. The van der Waals surface area contributed by atoms with Crippen molar-refractivity contribution in [3.63, 3.8) is 0 Å². The summed E-state index contributed by atoms with van der Waals surface area (Å²) in [5, 5.41) is 13.5. The summed E-state index contributed by atoms with van der Waals surface area (Å²) in [4.78, 5) is 12.9. The molecule has 1 atom stereocenters. The third-order valence-corrected chi connectivity index (χ3v) is 5.16. The van der Waals surface area contributed by atoms with Crippen LogP contribution in [0.4, 0.5) is 0 Å². The van der Waals surface area contributed by atoms with Crippen LogP contribution in [0.3, 0.4) is 0 Å². The lowest BCUT2D eigenvalue weighted by molar-refractivity contribution is -0.118. The fraction of sp³-hybridized carbons (Fsp3) is 0.400. The number of allylic oxidation sites excluding steroid dienone is 4. The Labute approximate surface area is 153 Å². The fourth-order valence-electron chi connectivity index (χ4n) is 3.78. The summed E-state index contributed by atoms with van der Waals surface area (Å²) in [7, 11) is 1.56. The van der Waals surface area contributed by atoms with Crippen molar-refractivity contribution in [1.82, 2.24) is 5.32 Å². The predicted molar refractivity (Wildman–Crippen MR) is 97.2 cm³/mol. The van der Waals surface area contributed by atoms with E-state index in [1.165, 1.54) is 0 Å². The van der Waals surface area contributed by atoms with E-state index in [4.69, 9.17) is 16.3 Å². The monoisotopic (exact) mass is 356 g/mol. The molecule has 0 bridgehead atoms. The van der Waals surface area contributed by atoms with Crippen molar-refractivity contribution in [2.75, 3.05) is 7.11 Å². The van der Waals surface area contributed by atoms with E-state index >= 15 is 0 Å². The van der Waals surface area contributed by atoms with Crippen molar-refractivity contribution in [3.05, 3.63) is 51.3 Å². The molecular formula is C20H21ClN2O2. The lowest BCUT2D eigenvalue weighted by atomic mass is 9.69. The van der Waals surface area contributed by atoms with Crippen molar-refractivity contribution in [2.24, 2.45) is 5.41 Å². The lowest BCUT2D eigenvalue weighted by Crippen LogP contribution is -2.36. The van der Waals surface area contributed by atoms with E-state index in [0.29, 0.717) is 28.3 Å². The van der Waals surface area contributed by atoms with Crippen LogP contribution in [0, 0.1) is 16.7 Å². The van der Waals surface area contributed by atoms with Crippen LogP contribution < -0.4 is 10.1 Å². The normalized spacial score (nSPS) is 22.2. The first-order chi connectivity index (χ1) is 11.8. The number of methoxy groups -OCH3 is 1. The zero-order valence-corrected chi connectivity index (χ0v) is 15.6. The molecule has 5 heteroatoms. The molecule has 0 unspecified atom stereocenters. The van der Waals surface area contributed by atoms with Crippen molar-refractivity contribution in [3.8, 4) is 11.8 Å². The number of nitrogens with one attached hydrogen (secondary N) is 1. The number of benzene rings is 1. The standard InChI is InChI=1S/C20H21ClN2O2/c1-11-13(10-22)18(12-5-6-17(25-4)14(21)7-12)19-15(23-11)8-20(2,3)9-16(19)24/h5-7,18,23H,8-9H2,1-4H3/t18-/m0/s1. The molecule has 1 heterocycles. The maximum Gasteiger partial charge on any atom is 0.162 e. The molecule has 25 heavy (non-hydrogen) atoms. The van der Waals surface area contributed by atoms with Crippen molar-refractivity contribution < 1.29 is 9.53 Å². The summed E-state index contributed by atoms with van der Waals surface area (Å²) in [5.41, 5.74) is 3.73. The van der Waals surface area contributed by atoms with Gasteiger partial charge in [0.1, 0.15) is 5.75 Å². The minimum absolute atomic E-state index is 0.0879. The Morgan fingerprint density at radius 1 is 1.36 bits per heavy atom. The van der Waals surface area contributed by atoms with Gasteiger partial charge in [-0.2, -0.15) is 5.26 Å². The van der Waals surface area contributed by atoms with Crippen LogP contribution in [0.5, 0.6) is 5.75 Å². The zero-order chi connectivity index (χ0) is 18.4. The first kappa shape index (κ1) is 17.6. The number of carbonyl (C=O) groups is 1. The van der Waals surface area contributed by atoms with Gasteiger partial charge >= 0.3 is 0 Å². The van der Waals surface area contributed by atoms with Gasteiger partial charge in [-0.05, 0) is 36.5 Å². The minimum atomic E-state index is -0.381. The number of hydrogen-bond donors (Lipinski definition) is 1. The second-order valence-electron chi connectivity index (χ2n) is 7.44. The van der Waals surface area contributed by atoms with Crippen LogP contribution in [0.2, 0.25) is 5.02 Å². The van der Waals surface area contributed by atoms with Gasteiger partial charge < -0.3 is 10.1 Å². The third-order valence-electron chi connectivity index (χ3n) is 4.87. The number of nitriles is 1. The summed E-state index contributed by atoms with van der Waals surface area (Å²) in [6.45, 7) is 6.06. The van der Waals surface area contributed by atoms with E-state index in [-0.39, 0.29) is 17.1 Å². The van der Waals surface area contributed by atoms with Crippen LogP contribution in [0.15, 0.2) is 40.7 Å².